The SMILES string of the molecule is CC(C)C(=O)N1CCOc2ccc([N+](=O)[O-])cc21. The van der Waals surface area contributed by atoms with Gasteiger partial charge < -0.3 is 9.64 Å². The molecule has 0 fully saturated rings. The highest BCUT2D eigenvalue weighted by Crippen LogP contribution is 2.35. The van der Waals surface area contributed by atoms with Gasteiger partial charge in [0.25, 0.3) is 5.69 Å². The van der Waals surface area contributed by atoms with Crippen molar-refractivity contribution in [2.24, 2.45) is 5.92 Å². The highest BCUT2D eigenvalue weighted by atomic mass is 16.6. The second-order valence-corrected chi connectivity index (χ2v) is 4.40. The lowest BCUT2D eigenvalue weighted by atomic mass is 10.1. The number of nitrogens with zero attached hydrogens (tertiary/aromatic N) is 2. The lowest BCUT2D eigenvalue weighted by Crippen LogP contribution is -2.40. The molecule has 0 N–H and O–H groups in total. The Morgan fingerprint density at radius 2 is 2.22 bits per heavy atom. The van der Waals surface area contributed by atoms with Crippen LogP contribution in [0, 0.1) is 16.0 Å². The third-order valence-electron chi connectivity index (χ3n) is 2.78. The minimum atomic E-state index is -0.479. The number of anilines is 1. The Morgan fingerprint density at radius 1 is 1.50 bits per heavy atom. The molecular weight excluding hydrogens is 236 g/mol. The molecule has 0 saturated carbocycles. The summed E-state index contributed by atoms with van der Waals surface area (Å²) in [7, 11) is 0. The van der Waals surface area contributed by atoms with Crippen LogP contribution in [-0.2, 0) is 4.79 Å². The molecule has 0 aromatic heterocycles. The van der Waals surface area contributed by atoms with E-state index in [1.807, 2.05) is 0 Å². The maximum Gasteiger partial charge on any atom is 0.271 e. The Balaban J connectivity index is 2.43. The van der Waals surface area contributed by atoms with Crippen LogP contribution in [0.1, 0.15) is 13.8 Å². The Labute approximate surface area is 104 Å². The van der Waals surface area contributed by atoms with Gasteiger partial charge in [0, 0.05) is 18.1 Å². The van der Waals surface area contributed by atoms with Gasteiger partial charge in [0.2, 0.25) is 5.91 Å². The maximum atomic E-state index is 12.0. The molecule has 96 valence electrons. The molecule has 1 heterocycles. The lowest BCUT2D eigenvalue weighted by molar-refractivity contribution is -0.384. The highest BCUT2D eigenvalue weighted by Gasteiger charge is 2.27. The number of benzene rings is 1. The zero-order valence-electron chi connectivity index (χ0n) is 10.3. The van der Waals surface area contributed by atoms with E-state index in [2.05, 4.69) is 0 Å². The van der Waals surface area contributed by atoms with Crippen LogP contribution in [-0.4, -0.2) is 24.0 Å². The molecule has 0 aliphatic carbocycles. The number of non-ortho nitro benzene ring substituents is 1. The lowest BCUT2D eigenvalue weighted by Gasteiger charge is -2.30. The third-order valence-corrected chi connectivity index (χ3v) is 2.78. The normalized spacial score (nSPS) is 14.1. The first kappa shape index (κ1) is 12.3. The zero-order valence-corrected chi connectivity index (χ0v) is 10.3. The number of carbonyl (C=O) groups excluding carboxylic acids is 1. The van der Waals surface area contributed by atoms with E-state index in [1.54, 1.807) is 18.7 Å². The molecule has 2 rings (SSSR count). The Bertz CT molecular complexity index is 499. The summed E-state index contributed by atoms with van der Waals surface area (Å²) < 4.78 is 5.40. The standard InChI is InChI=1S/C12H14N2O4/c1-8(2)12(15)13-5-6-18-11-4-3-9(14(16)17)7-10(11)13/h3-4,7-8H,5-6H2,1-2H3. The zero-order chi connectivity index (χ0) is 13.3. The molecule has 0 atom stereocenters. The topological polar surface area (TPSA) is 72.7 Å². The Hall–Kier alpha value is -2.11. The largest absolute Gasteiger partial charge is 0.490 e. The van der Waals surface area contributed by atoms with Gasteiger partial charge in [-0.3, -0.25) is 14.9 Å². The molecule has 1 aromatic rings. The molecule has 0 radical (unpaired) electrons. The van der Waals surface area contributed by atoms with Crippen LogP contribution in [0.3, 0.4) is 0 Å². The van der Waals surface area contributed by atoms with Crippen LogP contribution in [0.25, 0.3) is 0 Å². The number of amides is 1. The molecule has 6 heteroatoms. The average Bonchev–Trinajstić information content (AvgIpc) is 2.36. The number of hydrogen-bond donors (Lipinski definition) is 0. The van der Waals surface area contributed by atoms with E-state index in [9.17, 15) is 14.9 Å². The molecule has 1 aromatic carbocycles. The molecule has 1 amide bonds. The van der Waals surface area contributed by atoms with Gasteiger partial charge in [-0.2, -0.15) is 0 Å². The van der Waals surface area contributed by atoms with Gasteiger partial charge >= 0.3 is 0 Å². The van der Waals surface area contributed by atoms with Crippen molar-refractivity contribution >= 4 is 17.3 Å². The average molecular weight is 250 g/mol. The number of fused-ring (bicyclic) bond motifs is 1. The van der Waals surface area contributed by atoms with Crippen molar-refractivity contribution in [2.45, 2.75) is 13.8 Å². The number of ether oxygens (including phenoxy) is 1. The highest BCUT2D eigenvalue weighted by molar-refractivity contribution is 5.96. The predicted octanol–water partition coefficient (Wildman–Crippen LogP) is 1.98. The van der Waals surface area contributed by atoms with E-state index in [-0.39, 0.29) is 17.5 Å². The summed E-state index contributed by atoms with van der Waals surface area (Å²) in [5.74, 6) is 0.302. The number of rotatable bonds is 2. The van der Waals surface area contributed by atoms with Gasteiger partial charge in [0.05, 0.1) is 17.2 Å². The van der Waals surface area contributed by atoms with E-state index < -0.39 is 4.92 Å². The molecule has 6 nitrogen and oxygen atoms in total. The Kier molecular flexibility index (Phi) is 3.18. The molecule has 0 spiro atoms. The summed E-state index contributed by atoms with van der Waals surface area (Å²) in [6.45, 7) is 4.43. The van der Waals surface area contributed by atoms with Crippen molar-refractivity contribution in [3.63, 3.8) is 0 Å². The van der Waals surface area contributed by atoms with Gasteiger partial charge in [-0.25, -0.2) is 0 Å². The van der Waals surface area contributed by atoms with E-state index >= 15 is 0 Å². The summed E-state index contributed by atoms with van der Waals surface area (Å²) in [6.07, 6.45) is 0. The van der Waals surface area contributed by atoms with Crippen molar-refractivity contribution in [1.29, 1.82) is 0 Å². The third kappa shape index (κ3) is 2.13. The molecule has 0 bridgehead atoms. The van der Waals surface area contributed by atoms with E-state index in [0.29, 0.717) is 24.6 Å². The van der Waals surface area contributed by atoms with Crippen LogP contribution in [0.5, 0.6) is 5.75 Å². The van der Waals surface area contributed by atoms with Gasteiger partial charge in [-0.1, -0.05) is 13.8 Å². The first-order valence-corrected chi connectivity index (χ1v) is 5.73. The van der Waals surface area contributed by atoms with E-state index in [4.69, 9.17) is 4.74 Å². The minimum absolute atomic E-state index is 0.0409. The number of hydrogen-bond acceptors (Lipinski definition) is 4. The number of carbonyl (C=O) groups is 1. The van der Waals surface area contributed by atoms with Gasteiger partial charge in [-0.15, -0.1) is 0 Å². The maximum absolute atomic E-state index is 12.0. The van der Waals surface area contributed by atoms with Crippen molar-refractivity contribution in [3.05, 3.63) is 28.3 Å². The van der Waals surface area contributed by atoms with Gasteiger partial charge in [0.15, 0.2) is 0 Å². The smallest absolute Gasteiger partial charge is 0.271 e. The van der Waals surface area contributed by atoms with Gasteiger partial charge in [0.1, 0.15) is 12.4 Å². The first-order valence-electron chi connectivity index (χ1n) is 5.73. The van der Waals surface area contributed by atoms with Crippen LogP contribution in [0.4, 0.5) is 11.4 Å². The quantitative estimate of drug-likeness (QED) is 0.594. The predicted molar refractivity (Wildman–Crippen MR) is 65.8 cm³/mol. The molecule has 18 heavy (non-hydrogen) atoms. The second kappa shape index (κ2) is 4.64. The van der Waals surface area contributed by atoms with Crippen LogP contribution < -0.4 is 9.64 Å². The summed E-state index contributed by atoms with van der Waals surface area (Å²) in [5.41, 5.74) is 0.440. The number of nitro benzene ring substituents is 1. The molecule has 0 saturated heterocycles. The van der Waals surface area contributed by atoms with E-state index in [0.717, 1.165) is 0 Å². The van der Waals surface area contributed by atoms with Crippen LogP contribution in [0.2, 0.25) is 0 Å². The molecule has 1 aliphatic rings. The monoisotopic (exact) mass is 250 g/mol. The molecular formula is C12H14N2O4. The van der Waals surface area contributed by atoms with Crippen LogP contribution in [0.15, 0.2) is 18.2 Å². The second-order valence-electron chi connectivity index (χ2n) is 4.40. The van der Waals surface area contributed by atoms with E-state index in [1.165, 1.54) is 18.2 Å². The summed E-state index contributed by atoms with van der Waals surface area (Å²) in [5, 5.41) is 10.8. The fraction of sp³-hybridized carbons (Fsp3) is 0.417. The Morgan fingerprint density at radius 3 is 2.83 bits per heavy atom. The van der Waals surface area contributed by atoms with Crippen molar-refractivity contribution in [3.8, 4) is 5.75 Å². The van der Waals surface area contributed by atoms with Crippen LogP contribution >= 0.6 is 0 Å². The fourth-order valence-electron chi connectivity index (χ4n) is 1.86. The minimum Gasteiger partial charge on any atom is -0.490 e. The summed E-state index contributed by atoms with van der Waals surface area (Å²) >= 11 is 0. The van der Waals surface area contributed by atoms with Crippen molar-refractivity contribution in [2.75, 3.05) is 18.1 Å². The fourth-order valence-corrected chi connectivity index (χ4v) is 1.86. The van der Waals surface area contributed by atoms with Crippen molar-refractivity contribution in [1.82, 2.24) is 0 Å². The first-order chi connectivity index (χ1) is 8.50. The molecule has 1 aliphatic heterocycles. The molecule has 0 unspecified atom stereocenters. The summed E-state index contributed by atoms with van der Waals surface area (Å²) in [6, 6.07) is 4.30. The van der Waals surface area contributed by atoms with Crippen molar-refractivity contribution < 1.29 is 14.5 Å². The van der Waals surface area contributed by atoms with Gasteiger partial charge in [-0.05, 0) is 6.07 Å². The number of nitro groups is 1. The summed E-state index contributed by atoms with van der Waals surface area (Å²) in [4.78, 5) is 23.9.